The summed E-state index contributed by atoms with van der Waals surface area (Å²) in [5.41, 5.74) is 7.15. The lowest BCUT2D eigenvalue weighted by molar-refractivity contribution is 0.280. The minimum atomic E-state index is -0.251. The molecule has 0 bridgehead atoms. The maximum Gasteiger partial charge on any atom is 0.124 e. The zero-order valence-corrected chi connectivity index (χ0v) is 12.4. The Labute approximate surface area is 125 Å². The van der Waals surface area contributed by atoms with Crippen molar-refractivity contribution in [1.82, 2.24) is 0 Å². The summed E-state index contributed by atoms with van der Waals surface area (Å²) in [6.07, 6.45) is 0. The molecule has 2 rings (SSSR count). The Morgan fingerprint density at radius 1 is 1.00 bits per heavy atom. The van der Waals surface area contributed by atoms with E-state index in [0.717, 1.165) is 22.8 Å². The molecule has 0 saturated heterocycles. The summed E-state index contributed by atoms with van der Waals surface area (Å²) < 4.78 is 16.5. The molecule has 0 aliphatic heterocycles. The standard InChI is InChI=1S/C17H21NO3/c1-3-20-17-10-5-4-9-15(17)16(18)12-21-14-8-6-7-13(11-14)19-2/h4-11,16H,3,12,18H2,1-2H3. The van der Waals surface area contributed by atoms with Crippen LogP contribution in [0.5, 0.6) is 17.2 Å². The van der Waals surface area contributed by atoms with E-state index in [1.807, 2.05) is 55.5 Å². The third-order valence-corrected chi connectivity index (χ3v) is 3.09. The Balaban J connectivity index is 2.02. The molecule has 0 aromatic heterocycles. The van der Waals surface area contributed by atoms with Crippen LogP contribution in [0.3, 0.4) is 0 Å². The monoisotopic (exact) mass is 287 g/mol. The van der Waals surface area contributed by atoms with Gasteiger partial charge in [0.2, 0.25) is 0 Å². The van der Waals surface area contributed by atoms with Crippen LogP contribution in [0.4, 0.5) is 0 Å². The van der Waals surface area contributed by atoms with Crippen LogP contribution in [0.2, 0.25) is 0 Å². The van der Waals surface area contributed by atoms with Crippen LogP contribution in [0, 0.1) is 0 Å². The molecule has 112 valence electrons. The highest BCUT2D eigenvalue weighted by Crippen LogP contribution is 2.25. The van der Waals surface area contributed by atoms with Gasteiger partial charge >= 0.3 is 0 Å². The van der Waals surface area contributed by atoms with Crippen molar-refractivity contribution in [1.29, 1.82) is 0 Å². The summed E-state index contributed by atoms with van der Waals surface area (Å²) in [5, 5.41) is 0. The van der Waals surface area contributed by atoms with Gasteiger partial charge in [-0.3, -0.25) is 0 Å². The van der Waals surface area contributed by atoms with Crippen LogP contribution >= 0.6 is 0 Å². The van der Waals surface area contributed by atoms with Gasteiger partial charge in [-0.2, -0.15) is 0 Å². The number of benzene rings is 2. The number of ether oxygens (including phenoxy) is 3. The minimum absolute atomic E-state index is 0.251. The Morgan fingerprint density at radius 3 is 2.52 bits per heavy atom. The van der Waals surface area contributed by atoms with Crippen LogP contribution in [0.25, 0.3) is 0 Å². The zero-order valence-electron chi connectivity index (χ0n) is 12.4. The Hall–Kier alpha value is -2.20. The first kappa shape index (κ1) is 15.2. The van der Waals surface area contributed by atoms with E-state index in [1.165, 1.54) is 0 Å². The second-order valence-electron chi connectivity index (χ2n) is 4.57. The molecule has 0 fully saturated rings. The highest BCUT2D eigenvalue weighted by atomic mass is 16.5. The Morgan fingerprint density at radius 2 is 1.76 bits per heavy atom. The van der Waals surface area contributed by atoms with Crippen LogP contribution in [-0.4, -0.2) is 20.3 Å². The summed E-state index contributed by atoms with van der Waals surface area (Å²) in [5.74, 6) is 2.30. The normalized spacial score (nSPS) is 11.8. The van der Waals surface area contributed by atoms with Crippen molar-refractivity contribution in [2.24, 2.45) is 5.73 Å². The molecular weight excluding hydrogens is 266 g/mol. The van der Waals surface area contributed by atoms with Crippen molar-refractivity contribution in [3.63, 3.8) is 0 Å². The van der Waals surface area contributed by atoms with E-state index < -0.39 is 0 Å². The molecule has 0 amide bonds. The summed E-state index contributed by atoms with van der Waals surface area (Å²) in [4.78, 5) is 0. The third-order valence-electron chi connectivity index (χ3n) is 3.09. The first-order valence-corrected chi connectivity index (χ1v) is 6.98. The molecule has 0 spiro atoms. The molecule has 4 nitrogen and oxygen atoms in total. The van der Waals surface area contributed by atoms with Gasteiger partial charge in [-0.15, -0.1) is 0 Å². The summed E-state index contributed by atoms with van der Waals surface area (Å²) in [7, 11) is 1.63. The van der Waals surface area contributed by atoms with Crippen LogP contribution in [-0.2, 0) is 0 Å². The number of nitrogens with two attached hydrogens (primary N) is 1. The predicted octanol–water partition coefficient (Wildman–Crippen LogP) is 3.17. The van der Waals surface area contributed by atoms with E-state index in [4.69, 9.17) is 19.9 Å². The average molecular weight is 287 g/mol. The van der Waals surface area contributed by atoms with Gasteiger partial charge in [0, 0.05) is 11.6 Å². The van der Waals surface area contributed by atoms with Crippen molar-refractivity contribution in [2.75, 3.05) is 20.3 Å². The largest absolute Gasteiger partial charge is 0.497 e. The predicted molar refractivity (Wildman–Crippen MR) is 83.0 cm³/mol. The molecule has 0 radical (unpaired) electrons. The topological polar surface area (TPSA) is 53.7 Å². The molecule has 2 aromatic carbocycles. The van der Waals surface area contributed by atoms with Crippen molar-refractivity contribution in [2.45, 2.75) is 13.0 Å². The number of methoxy groups -OCH3 is 1. The summed E-state index contributed by atoms with van der Waals surface area (Å²) in [6, 6.07) is 15.0. The zero-order chi connectivity index (χ0) is 15.1. The molecule has 1 atom stereocenters. The first-order chi connectivity index (χ1) is 10.2. The molecule has 0 saturated carbocycles. The van der Waals surface area contributed by atoms with Crippen LogP contribution < -0.4 is 19.9 Å². The van der Waals surface area contributed by atoms with Gasteiger partial charge in [0.1, 0.15) is 23.9 Å². The Bertz CT molecular complexity index is 571. The summed E-state index contributed by atoms with van der Waals surface area (Å²) >= 11 is 0. The molecule has 21 heavy (non-hydrogen) atoms. The molecule has 2 aromatic rings. The van der Waals surface area contributed by atoms with Crippen LogP contribution in [0.15, 0.2) is 48.5 Å². The summed E-state index contributed by atoms with van der Waals surface area (Å²) in [6.45, 7) is 2.94. The van der Waals surface area contributed by atoms with Gasteiger partial charge in [-0.05, 0) is 25.1 Å². The van der Waals surface area contributed by atoms with E-state index in [0.29, 0.717) is 13.2 Å². The molecule has 1 unspecified atom stereocenters. The van der Waals surface area contributed by atoms with Gasteiger partial charge < -0.3 is 19.9 Å². The van der Waals surface area contributed by atoms with Crippen molar-refractivity contribution < 1.29 is 14.2 Å². The highest BCUT2D eigenvalue weighted by molar-refractivity contribution is 5.36. The molecule has 0 aliphatic carbocycles. The van der Waals surface area contributed by atoms with Crippen molar-refractivity contribution in [3.8, 4) is 17.2 Å². The van der Waals surface area contributed by atoms with Gasteiger partial charge in [0.25, 0.3) is 0 Å². The van der Waals surface area contributed by atoms with Gasteiger partial charge in [0.15, 0.2) is 0 Å². The maximum atomic E-state index is 6.21. The SMILES string of the molecule is CCOc1ccccc1C(N)COc1cccc(OC)c1. The third kappa shape index (κ3) is 4.13. The van der Waals surface area contributed by atoms with Crippen LogP contribution in [0.1, 0.15) is 18.5 Å². The number of para-hydroxylation sites is 1. The lowest BCUT2D eigenvalue weighted by Gasteiger charge is -2.17. The van der Waals surface area contributed by atoms with Gasteiger partial charge in [0.05, 0.1) is 19.8 Å². The molecular formula is C17H21NO3. The molecule has 0 heterocycles. The van der Waals surface area contributed by atoms with Gasteiger partial charge in [-0.1, -0.05) is 24.3 Å². The lowest BCUT2D eigenvalue weighted by Crippen LogP contribution is -2.20. The number of rotatable bonds is 7. The second kappa shape index (κ2) is 7.55. The second-order valence-corrected chi connectivity index (χ2v) is 4.57. The van der Waals surface area contributed by atoms with E-state index in [1.54, 1.807) is 7.11 Å². The van der Waals surface area contributed by atoms with E-state index >= 15 is 0 Å². The first-order valence-electron chi connectivity index (χ1n) is 6.98. The fraction of sp³-hybridized carbons (Fsp3) is 0.294. The smallest absolute Gasteiger partial charge is 0.124 e. The fourth-order valence-corrected chi connectivity index (χ4v) is 2.04. The molecule has 2 N–H and O–H groups in total. The van der Waals surface area contributed by atoms with E-state index in [-0.39, 0.29) is 6.04 Å². The van der Waals surface area contributed by atoms with Crippen molar-refractivity contribution >= 4 is 0 Å². The number of hydrogen-bond donors (Lipinski definition) is 1. The molecule has 4 heteroatoms. The van der Waals surface area contributed by atoms with Gasteiger partial charge in [-0.25, -0.2) is 0 Å². The average Bonchev–Trinajstić information content (AvgIpc) is 2.53. The Kier molecular flexibility index (Phi) is 5.46. The fourth-order valence-electron chi connectivity index (χ4n) is 2.04. The highest BCUT2D eigenvalue weighted by Gasteiger charge is 2.12. The lowest BCUT2D eigenvalue weighted by atomic mass is 10.1. The maximum absolute atomic E-state index is 6.21. The van der Waals surface area contributed by atoms with E-state index in [2.05, 4.69) is 0 Å². The minimum Gasteiger partial charge on any atom is -0.497 e. The van der Waals surface area contributed by atoms with E-state index in [9.17, 15) is 0 Å². The number of hydrogen-bond acceptors (Lipinski definition) is 4. The molecule has 0 aliphatic rings. The van der Waals surface area contributed by atoms with Crippen molar-refractivity contribution in [3.05, 3.63) is 54.1 Å². The quantitative estimate of drug-likeness (QED) is 0.850.